The van der Waals surface area contributed by atoms with Crippen molar-refractivity contribution >= 4 is 23.2 Å². The Kier molecular flexibility index (Phi) is 4.73. The van der Waals surface area contributed by atoms with Gasteiger partial charge >= 0.3 is 0 Å². The van der Waals surface area contributed by atoms with Crippen LogP contribution in [0.1, 0.15) is 53.3 Å². The molecular weight excluding hydrogens is 382 g/mol. The lowest BCUT2D eigenvalue weighted by molar-refractivity contribution is 0.0656. The average Bonchev–Trinajstić information content (AvgIpc) is 3.09. The molecule has 2 aromatic carbocycles. The number of nitrogens with zero attached hydrogens (tertiary/aromatic N) is 2. The second kappa shape index (κ2) is 7.55. The third kappa shape index (κ3) is 3.14. The van der Waals surface area contributed by atoms with E-state index in [1.165, 1.54) is 0 Å². The Morgan fingerprint density at radius 3 is 2.83 bits per heavy atom. The Morgan fingerprint density at radius 1 is 1.10 bits per heavy atom. The first-order valence-electron chi connectivity index (χ1n) is 10.6. The van der Waals surface area contributed by atoms with Crippen molar-refractivity contribution in [2.45, 2.75) is 38.8 Å². The Hall–Kier alpha value is -3.22. The molecule has 1 N–H and O–H groups in total. The quantitative estimate of drug-likeness (QED) is 0.837. The summed E-state index contributed by atoms with van der Waals surface area (Å²) < 4.78 is 10.7. The molecule has 5 rings (SSSR count). The summed E-state index contributed by atoms with van der Waals surface area (Å²) in [6, 6.07) is 10.7. The van der Waals surface area contributed by atoms with Gasteiger partial charge in [-0.05, 0) is 56.5 Å². The number of rotatable bonds is 3. The third-order valence-electron chi connectivity index (χ3n) is 6.11. The molecule has 3 heterocycles. The Bertz CT molecular complexity index is 1010. The van der Waals surface area contributed by atoms with E-state index >= 15 is 0 Å². The van der Waals surface area contributed by atoms with Gasteiger partial charge in [0.05, 0.1) is 11.3 Å². The number of benzene rings is 2. The van der Waals surface area contributed by atoms with Gasteiger partial charge < -0.3 is 24.6 Å². The molecule has 1 saturated heterocycles. The predicted octanol–water partition coefficient (Wildman–Crippen LogP) is 3.85. The highest BCUT2D eigenvalue weighted by Crippen LogP contribution is 2.36. The molecule has 3 aliphatic heterocycles. The van der Waals surface area contributed by atoms with E-state index in [1.54, 1.807) is 30.3 Å². The maximum Gasteiger partial charge on any atom is 0.257 e. The molecule has 30 heavy (non-hydrogen) atoms. The number of amides is 2. The first-order chi connectivity index (χ1) is 14.7. The van der Waals surface area contributed by atoms with Crippen LogP contribution < -0.4 is 19.7 Å². The first-order valence-corrected chi connectivity index (χ1v) is 10.6. The Labute approximate surface area is 175 Å². The van der Waals surface area contributed by atoms with Crippen LogP contribution in [-0.4, -0.2) is 42.8 Å². The van der Waals surface area contributed by atoms with Crippen molar-refractivity contribution in [3.63, 3.8) is 0 Å². The van der Waals surface area contributed by atoms with Crippen molar-refractivity contribution in [2.24, 2.45) is 0 Å². The van der Waals surface area contributed by atoms with Crippen molar-refractivity contribution < 1.29 is 19.1 Å². The summed E-state index contributed by atoms with van der Waals surface area (Å²) in [5, 5.41) is 2.92. The van der Waals surface area contributed by atoms with E-state index in [-0.39, 0.29) is 24.8 Å². The average molecular weight is 407 g/mol. The van der Waals surface area contributed by atoms with Crippen LogP contribution in [0.25, 0.3) is 0 Å². The van der Waals surface area contributed by atoms with Gasteiger partial charge in [-0.1, -0.05) is 6.42 Å². The van der Waals surface area contributed by atoms with E-state index in [9.17, 15) is 9.59 Å². The van der Waals surface area contributed by atoms with Crippen LogP contribution in [0, 0.1) is 0 Å². The van der Waals surface area contributed by atoms with Crippen LogP contribution in [0.3, 0.4) is 0 Å². The van der Waals surface area contributed by atoms with Crippen LogP contribution >= 0.6 is 0 Å². The van der Waals surface area contributed by atoms with Gasteiger partial charge in [-0.3, -0.25) is 9.59 Å². The van der Waals surface area contributed by atoms with Crippen molar-refractivity contribution in [2.75, 3.05) is 30.1 Å². The van der Waals surface area contributed by atoms with E-state index in [4.69, 9.17) is 9.47 Å². The number of carbonyl (C=O) groups is 2. The van der Waals surface area contributed by atoms with Crippen molar-refractivity contribution in [1.82, 2.24) is 4.90 Å². The highest BCUT2D eigenvalue weighted by molar-refractivity contribution is 6.08. The van der Waals surface area contributed by atoms with Crippen LogP contribution in [0.15, 0.2) is 36.4 Å². The van der Waals surface area contributed by atoms with Gasteiger partial charge in [-0.2, -0.15) is 0 Å². The van der Waals surface area contributed by atoms with E-state index in [2.05, 4.69) is 17.1 Å². The smallest absolute Gasteiger partial charge is 0.257 e. The number of ether oxygens (including phenoxy) is 2. The van der Waals surface area contributed by atoms with Gasteiger partial charge in [0.15, 0.2) is 11.5 Å². The van der Waals surface area contributed by atoms with E-state index < -0.39 is 0 Å². The van der Waals surface area contributed by atoms with Crippen LogP contribution in [-0.2, 0) is 0 Å². The van der Waals surface area contributed by atoms with Gasteiger partial charge in [-0.25, -0.2) is 0 Å². The standard InChI is InChI=1S/C23H25N3O4/c1-2-25-18-12-15(22(27)24-16-8-10-19-20(13-16)30-14-29-19)7-9-17(18)23(28)26-11-5-3-4-6-21(25)26/h7-10,12-13,21H,2-6,11,14H2,1H3,(H,24,27)/t21-/m1/s1. The number of fused-ring (bicyclic) bond motifs is 3. The van der Waals surface area contributed by atoms with Gasteiger partial charge in [-0.15, -0.1) is 0 Å². The SMILES string of the molecule is CCN1c2cc(C(=O)Nc3ccc4c(c3)OCO4)ccc2C(=O)N2CCCCC[C@@H]21. The fourth-order valence-corrected chi connectivity index (χ4v) is 4.62. The largest absolute Gasteiger partial charge is 0.454 e. The normalized spacial score (nSPS) is 19.8. The monoisotopic (exact) mass is 407 g/mol. The first kappa shape index (κ1) is 18.8. The van der Waals surface area contributed by atoms with E-state index in [0.29, 0.717) is 28.3 Å². The number of hydrogen-bond acceptors (Lipinski definition) is 5. The number of carbonyl (C=O) groups excluding carboxylic acids is 2. The number of hydrogen-bond donors (Lipinski definition) is 1. The summed E-state index contributed by atoms with van der Waals surface area (Å²) in [5.74, 6) is 1.15. The maximum atomic E-state index is 13.1. The minimum atomic E-state index is -0.219. The third-order valence-corrected chi connectivity index (χ3v) is 6.11. The predicted molar refractivity (Wildman–Crippen MR) is 113 cm³/mol. The highest BCUT2D eigenvalue weighted by atomic mass is 16.7. The van der Waals surface area contributed by atoms with Crippen molar-refractivity contribution in [3.05, 3.63) is 47.5 Å². The lowest BCUT2D eigenvalue weighted by atomic mass is 10.0. The van der Waals surface area contributed by atoms with Gasteiger partial charge in [0.25, 0.3) is 11.8 Å². The summed E-state index contributed by atoms with van der Waals surface area (Å²) >= 11 is 0. The molecule has 0 aliphatic carbocycles. The number of nitrogens with one attached hydrogen (secondary N) is 1. The maximum absolute atomic E-state index is 13.1. The molecule has 0 aromatic heterocycles. The molecule has 0 radical (unpaired) electrons. The molecule has 1 atom stereocenters. The molecule has 7 heteroatoms. The van der Waals surface area contributed by atoms with Crippen LogP contribution in [0.4, 0.5) is 11.4 Å². The summed E-state index contributed by atoms with van der Waals surface area (Å²) in [5.41, 5.74) is 2.69. The molecule has 156 valence electrons. The molecule has 2 aromatic rings. The van der Waals surface area contributed by atoms with E-state index in [1.807, 2.05) is 11.0 Å². The fraction of sp³-hybridized carbons (Fsp3) is 0.391. The van der Waals surface area contributed by atoms with Gasteiger partial charge in [0.2, 0.25) is 6.79 Å². The molecule has 3 aliphatic rings. The summed E-state index contributed by atoms with van der Waals surface area (Å²) in [6.07, 6.45) is 4.35. The van der Waals surface area contributed by atoms with Crippen LogP contribution in [0.5, 0.6) is 11.5 Å². The zero-order valence-corrected chi connectivity index (χ0v) is 17.0. The molecule has 0 spiro atoms. The highest BCUT2D eigenvalue weighted by Gasteiger charge is 2.37. The zero-order valence-electron chi connectivity index (χ0n) is 17.0. The van der Waals surface area contributed by atoms with Gasteiger partial charge in [0.1, 0.15) is 6.17 Å². The molecule has 0 unspecified atom stereocenters. The molecule has 7 nitrogen and oxygen atoms in total. The second-order valence-corrected chi connectivity index (χ2v) is 7.87. The minimum absolute atomic E-state index is 0.0735. The summed E-state index contributed by atoms with van der Waals surface area (Å²) in [4.78, 5) is 30.3. The molecule has 1 fully saturated rings. The second-order valence-electron chi connectivity index (χ2n) is 7.87. The van der Waals surface area contributed by atoms with Crippen LogP contribution in [0.2, 0.25) is 0 Å². The minimum Gasteiger partial charge on any atom is -0.454 e. The lowest BCUT2D eigenvalue weighted by Gasteiger charge is -2.44. The fourth-order valence-electron chi connectivity index (χ4n) is 4.62. The Morgan fingerprint density at radius 2 is 1.97 bits per heavy atom. The topological polar surface area (TPSA) is 71.1 Å². The van der Waals surface area contributed by atoms with Crippen molar-refractivity contribution in [1.29, 1.82) is 0 Å². The van der Waals surface area contributed by atoms with E-state index in [0.717, 1.165) is 44.5 Å². The lowest BCUT2D eigenvalue weighted by Crippen LogP contribution is -2.55. The summed E-state index contributed by atoms with van der Waals surface area (Å²) in [7, 11) is 0. The van der Waals surface area contributed by atoms with Gasteiger partial charge in [0, 0.05) is 30.4 Å². The molecule has 0 saturated carbocycles. The number of anilines is 2. The van der Waals surface area contributed by atoms with Crippen molar-refractivity contribution in [3.8, 4) is 11.5 Å². The molecule has 2 amide bonds. The zero-order chi connectivity index (χ0) is 20.7. The molecular formula is C23H25N3O4. The molecule has 0 bridgehead atoms. The summed E-state index contributed by atoms with van der Waals surface area (Å²) in [6.45, 7) is 3.87. The Balaban J connectivity index is 1.43.